The molecule has 3 aromatic rings. The number of fused-ring (bicyclic) bond motifs is 3. The first kappa shape index (κ1) is 20.4. The summed E-state index contributed by atoms with van der Waals surface area (Å²) in [6, 6.07) is 3.46. The van der Waals surface area contributed by atoms with Crippen LogP contribution >= 0.6 is 15.9 Å². The van der Waals surface area contributed by atoms with Gasteiger partial charge in [0.25, 0.3) is 5.56 Å². The lowest BCUT2D eigenvalue weighted by Gasteiger charge is -2.12. The monoisotopic (exact) mass is 476 g/mol. The number of carbonyl (C=O) groups excluding carboxylic acids is 1. The number of carbonyl (C=O) groups is 2. The molecule has 2 aromatic heterocycles. The number of amides is 2. The van der Waals surface area contributed by atoms with Crippen molar-refractivity contribution in [3.63, 3.8) is 0 Å². The Labute approximate surface area is 179 Å². The molecule has 30 heavy (non-hydrogen) atoms. The molecule has 9 nitrogen and oxygen atoms in total. The third-order valence-corrected chi connectivity index (χ3v) is 6.01. The van der Waals surface area contributed by atoms with E-state index in [0.717, 1.165) is 33.8 Å². The summed E-state index contributed by atoms with van der Waals surface area (Å²) in [5.74, 6) is -0.122. The number of aryl methyl sites for hydroxylation is 1. The molecule has 0 aliphatic heterocycles. The van der Waals surface area contributed by atoms with Crippen LogP contribution in [0.15, 0.2) is 25.8 Å². The van der Waals surface area contributed by atoms with Gasteiger partial charge in [-0.2, -0.15) is 0 Å². The van der Waals surface area contributed by atoms with Gasteiger partial charge in [-0.3, -0.25) is 9.59 Å². The fourth-order valence-electron chi connectivity index (χ4n) is 3.62. The second-order valence-electron chi connectivity index (χ2n) is 7.59. The molecular weight excluding hydrogens is 456 g/mol. The number of pyridine rings is 1. The molecule has 10 heteroatoms. The van der Waals surface area contributed by atoms with E-state index in [9.17, 15) is 14.4 Å². The lowest BCUT2D eigenvalue weighted by atomic mass is 10.1. The van der Waals surface area contributed by atoms with Crippen LogP contribution in [0.5, 0.6) is 0 Å². The number of aromatic nitrogens is 2. The van der Waals surface area contributed by atoms with Crippen molar-refractivity contribution in [2.75, 3.05) is 0 Å². The lowest BCUT2D eigenvalue weighted by Crippen LogP contribution is -2.36. The third-order valence-electron chi connectivity index (χ3n) is 5.15. The van der Waals surface area contributed by atoms with Crippen LogP contribution in [0.3, 0.4) is 0 Å². The van der Waals surface area contributed by atoms with Crippen molar-refractivity contribution in [3.8, 4) is 0 Å². The minimum absolute atomic E-state index is 0.00712. The minimum Gasteiger partial charge on any atom is -0.465 e. The predicted octanol–water partition coefficient (Wildman–Crippen LogP) is 3.21. The average molecular weight is 477 g/mol. The molecule has 1 saturated carbocycles. The molecule has 1 fully saturated rings. The van der Waals surface area contributed by atoms with Crippen molar-refractivity contribution >= 4 is 49.9 Å². The Morgan fingerprint density at radius 3 is 2.80 bits per heavy atom. The molecule has 158 valence electrons. The highest BCUT2D eigenvalue weighted by Gasteiger charge is 2.30. The van der Waals surface area contributed by atoms with Crippen LogP contribution in [0, 0.1) is 6.92 Å². The summed E-state index contributed by atoms with van der Waals surface area (Å²) < 4.78 is 8.59. The average Bonchev–Trinajstić information content (AvgIpc) is 3.40. The first-order chi connectivity index (χ1) is 14.3. The summed E-state index contributed by atoms with van der Waals surface area (Å²) in [7, 11) is 0. The van der Waals surface area contributed by atoms with Crippen LogP contribution in [0.25, 0.3) is 22.0 Å². The smallest absolute Gasteiger partial charge is 0.404 e. The Balaban J connectivity index is 1.66. The number of nitrogens with one attached hydrogen (secondary N) is 2. The quantitative estimate of drug-likeness (QED) is 0.501. The standard InChI is InChI=1S/C20H21BrN4O5/c1-9(23-20(28)29)7-14(26)22-8-15-24-16-18(30-15)12-5-6-13(21)10(2)17(12)25(19(16)27)11-3-4-11/h5-6,9,11,23H,3-4,7-8H2,1-2H3,(H,22,26)(H,28,29)/t9-/m1/s1. The molecule has 2 heterocycles. The van der Waals surface area contributed by atoms with E-state index in [1.165, 1.54) is 0 Å². The van der Waals surface area contributed by atoms with E-state index in [4.69, 9.17) is 9.52 Å². The summed E-state index contributed by atoms with van der Waals surface area (Å²) in [4.78, 5) is 40.2. The van der Waals surface area contributed by atoms with E-state index in [0.29, 0.717) is 5.58 Å². The zero-order valence-electron chi connectivity index (χ0n) is 16.5. The number of hydrogen-bond acceptors (Lipinski definition) is 5. The van der Waals surface area contributed by atoms with Gasteiger partial charge >= 0.3 is 6.09 Å². The van der Waals surface area contributed by atoms with Crippen LogP contribution < -0.4 is 16.2 Å². The van der Waals surface area contributed by atoms with E-state index in [2.05, 4.69) is 31.5 Å². The Morgan fingerprint density at radius 2 is 2.13 bits per heavy atom. The zero-order valence-corrected chi connectivity index (χ0v) is 18.1. The van der Waals surface area contributed by atoms with Crippen molar-refractivity contribution in [3.05, 3.63) is 38.4 Å². The predicted molar refractivity (Wildman–Crippen MR) is 114 cm³/mol. The number of oxazole rings is 1. The summed E-state index contributed by atoms with van der Waals surface area (Å²) in [6.45, 7) is 3.56. The Kier molecular flexibility index (Phi) is 5.27. The molecule has 3 N–H and O–H groups in total. The van der Waals surface area contributed by atoms with Crippen LogP contribution in [0.1, 0.15) is 43.7 Å². The van der Waals surface area contributed by atoms with E-state index in [1.807, 2.05) is 23.6 Å². The van der Waals surface area contributed by atoms with Crippen molar-refractivity contribution in [2.24, 2.45) is 0 Å². The van der Waals surface area contributed by atoms with Gasteiger partial charge in [-0.05, 0) is 44.4 Å². The fraction of sp³-hybridized carbons (Fsp3) is 0.400. The number of benzene rings is 1. The van der Waals surface area contributed by atoms with Crippen LogP contribution in [0.4, 0.5) is 4.79 Å². The van der Waals surface area contributed by atoms with Crippen LogP contribution in [-0.2, 0) is 11.3 Å². The van der Waals surface area contributed by atoms with E-state index < -0.39 is 12.1 Å². The van der Waals surface area contributed by atoms with E-state index in [1.54, 1.807) is 6.92 Å². The van der Waals surface area contributed by atoms with Gasteiger partial charge in [-0.15, -0.1) is 0 Å². The SMILES string of the molecule is Cc1c(Br)ccc2c3oc(CNC(=O)C[C@@H](C)NC(=O)O)nc3c(=O)n(C3CC3)c12. The molecule has 0 saturated heterocycles. The lowest BCUT2D eigenvalue weighted by molar-refractivity contribution is -0.121. The molecule has 1 aromatic carbocycles. The van der Waals surface area contributed by atoms with Crippen molar-refractivity contribution < 1.29 is 19.1 Å². The van der Waals surface area contributed by atoms with E-state index >= 15 is 0 Å². The maximum absolute atomic E-state index is 13.2. The third kappa shape index (κ3) is 3.79. The molecule has 0 bridgehead atoms. The van der Waals surface area contributed by atoms with Gasteiger partial charge < -0.3 is 24.7 Å². The maximum atomic E-state index is 13.2. The molecule has 2 amide bonds. The number of carboxylic acid groups (broad SMARTS) is 1. The largest absolute Gasteiger partial charge is 0.465 e. The number of rotatable bonds is 6. The van der Waals surface area contributed by atoms with Gasteiger partial charge in [0, 0.05) is 28.4 Å². The van der Waals surface area contributed by atoms with E-state index in [-0.39, 0.29) is 41.9 Å². The summed E-state index contributed by atoms with van der Waals surface area (Å²) >= 11 is 3.54. The summed E-state index contributed by atoms with van der Waals surface area (Å²) in [5, 5.41) is 14.4. The van der Waals surface area contributed by atoms with Gasteiger partial charge in [0.05, 0.1) is 12.1 Å². The second kappa shape index (κ2) is 7.75. The molecular formula is C20H21BrN4O5. The fourth-order valence-corrected chi connectivity index (χ4v) is 3.94. The topological polar surface area (TPSA) is 126 Å². The normalized spacial score (nSPS) is 14.8. The van der Waals surface area contributed by atoms with Gasteiger partial charge in [0.1, 0.15) is 0 Å². The van der Waals surface area contributed by atoms with Gasteiger partial charge in [0.2, 0.25) is 11.8 Å². The highest BCUT2D eigenvalue weighted by molar-refractivity contribution is 9.10. The van der Waals surface area contributed by atoms with Crippen molar-refractivity contribution in [2.45, 2.75) is 51.7 Å². The Morgan fingerprint density at radius 1 is 1.40 bits per heavy atom. The van der Waals surface area contributed by atoms with Gasteiger partial charge in [0.15, 0.2) is 11.1 Å². The molecule has 0 radical (unpaired) electrons. The van der Waals surface area contributed by atoms with Crippen LogP contribution in [-0.4, -0.2) is 32.7 Å². The first-order valence-electron chi connectivity index (χ1n) is 9.65. The number of nitrogens with zero attached hydrogens (tertiary/aromatic N) is 2. The highest BCUT2D eigenvalue weighted by Crippen LogP contribution is 2.39. The molecule has 1 aliphatic carbocycles. The van der Waals surface area contributed by atoms with Gasteiger partial charge in [-0.1, -0.05) is 15.9 Å². The maximum Gasteiger partial charge on any atom is 0.404 e. The van der Waals surface area contributed by atoms with Gasteiger partial charge in [-0.25, -0.2) is 9.78 Å². The Bertz CT molecular complexity index is 1230. The van der Waals surface area contributed by atoms with Crippen molar-refractivity contribution in [1.82, 2.24) is 20.2 Å². The molecule has 0 unspecified atom stereocenters. The molecule has 4 rings (SSSR count). The molecule has 1 atom stereocenters. The number of halogens is 1. The molecule has 0 spiro atoms. The second-order valence-corrected chi connectivity index (χ2v) is 8.45. The van der Waals surface area contributed by atoms with Crippen molar-refractivity contribution in [1.29, 1.82) is 0 Å². The minimum atomic E-state index is -1.19. The Hall–Kier alpha value is -2.88. The summed E-state index contributed by atoms with van der Waals surface area (Å²) in [6.07, 6.45) is 0.706. The highest BCUT2D eigenvalue weighted by atomic mass is 79.9. The number of hydrogen-bond donors (Lipinski definition) is 3. The molecule has 1 aliphatic rings. The zero-order chi connectivity index (χ0) is 21.6. The van der Waals surface area contributed by atoms with Crippen LogP contribution in [0.2, 0.25) is 0 Å². The first-order valence-corrected chi connectivity index (χ1v) is 10.4. The summed E-state index contributed by atoms with van der Waals surface area (Å²) in [5.41, 5.74) is 2.27.